The average molecular weight is 575 g/mol. The van der Waals surface area contributed by atoms with Crippen LogP contribution in [0.1, 0.15) is 81.3 Å². The van der Waals surface area contributed by atoms with Crippen molar-refractivity contribution in [1.82, 2.24) is 24.7 Å². The molecule has 4 aliphatic rings. The first-order chi connectivity index (χ1) is 20.2. The molecule has 3 saturated heterocycles. The van der Waals surface area contributed by atoms with Gasteiger partial charge in [-0.2, -0.15) is 0 Å². The van der Waals surface area contributed by atoms with Gasteiger partial charge in [0.15, 0.2) is 11.5 Å². The smallest absolute Gasteiger partial charge is 0.320 e. The van der Waals surface area contributed by atoms with Gasteiger partial charge in [-0.25, -0.2) is 14.8 Å². The van der Waals surface area contributed by atoms with Gasteiger partial charge >= 0.3 is 6.03 Å². The van der Waals surface area contributed by atoms with Gasteiger partial charge in [0.25, 0.3) is 5.91 Å². The number of aromatic nitrogens is 2. The predicted molar refractivity (Wildman–Crippen MR) is 165 cm³/mol. The molecule has 1 aliphatic carbocycles. The van der Waals surface area contributed by atoms with Gasteiger partial charge in [-0.15, -0.1) is 0 Å². The molecule has 2 atom stereocenters. The van der Waals surface area contributed by atoms with E-state index in [0.29, 0.717) is 11.6 Å². The molecule has 42 heavy (non-hydrogen) atoms. The van der Waals surface area contributed by atoms with Gasteiger partial charge in [0.1, 0.15) is 5.82 Å². The zero-order valence-corrected chi connectivity index (χ0v) is 25.4. The highest BCUT2D eigenvalue weighted by molar-refractivity contribution is 5.96. The Morgan fingerprint density at radius 1 is 0.976 bits per heavy atom. The van der Waals surface area contributed by atoms with Crippen molar-refractivity contribution >= 4 is 29.3 Å². The maximum atomic E-state index is 12.7. The lowest BCUT2D eigenvalue weighted by Crippen LogP contribution is -2.55. The number of likely N-dealkylation sites (tertiary alicyclic amines) is 1. The van der Waals surface area contributed by atoms with E-state index in [2.05, 4.69) is 58.2 Å². The van der Waals surface area contributed by atoms with Crippen LogP contribution in [-0.2, 0) is 5.41 Å². The molecule has 6 rings (SSSR count). The van der Waals surface area contributed by atoms with E-state index in [0.717, 1.165) is 44.2 Å². The number of carbonyl (C=O) groups is 2. The van der Waals surface area contributed by atoms with Crippen LogP contribution in [0.5, 0.6) is 0 Å². The number of urea groups is 1. The molecule has 3 N–H and O–H groups in total. The zero-order chi connectivity index (χ0) is 29.4. The van der Waals surface area contributed by atoms with E-state index < -0.39 is 5.91 Å². The summed E-state index contributed by atoms with van der Waals surface area (Å²) in [5.74, 6) is 0.415. The van der Waals surface area contributed by atoms with Crippen molar-refractivity contribution in [2.24, 2.45) is 5.73 Å². The number of hydrogen-bond acceptors (Lipinski definition) is 7. The van der Waals surface area contributed by atoms with Gasteiger partial charge in [0.2, 0.25) is 0 Å². The normalized spacial score (nSPS) is 25.3. The summed E-state index contributed by atoms with van der Waals surface area (Å²) in [7, 11) is 1.85. The highest BCUT2D eigenvalue weighted by atomic mass is 16.2. The minimum atomic E-state index is -0.620. The van der Waals surface area contributed by atoms with Crippen molar-refractivity contribution in [2.75, 3.05) is 50.0 Å². The molecule has 0 bridgehead atoms. The van der Waals surface area contributed by atoms with E-state index in [1.807, 2.05) is 11.9 Å². The van der Waals surface area contributed by atoms with E-state index in [1.54, 1.807) is 11.1 Å². The minimum Gasteiger partial charge on any atom is -0.364 e. The minimum absolute atomic E-state index is 0.0656. The molecule has 0 spiro atoms. The largest absolute Gasteiger partial charge is 0.364 e. The number of nitrogens with zero attached hydrogens (tertiary/aromatic N) is 6. The number of primary amides is 1. The highest BCUT2D eigenvalue weighted by Crippen LogP contribution is 2.38. The second-order valence-electron chi connectivity index (χ2n) is 13.1. The first kappa shape index (κ1) is 28.7. The topological polar surface area (TPSA) is 111 Å². The van der Waals surface area contributed by atoms with E-state index in [-0.39, 0.29) is 29.2 Å². The molecule has 2 unspecified atom stereocenters. The maximum absolute atomic E-state index is 12.7. The highest BCUT2D eigenvalue weighted by Gasteiger charge is 2.39. The zero-order valence-electron chi connectivity index (χ0n) is 25.4. The standard InChI is InChI=1S/C32H46N8O2/c1-22-26(40-20-19-37(3)31(40)42)9-6-16-39(22)27-21-34-28(29(33)41)30(36-27)35-24-12-10-23(11-13-24)32(2)14-17-38(18-15-32)25-7-4-5-8-25/h10-13,21-22,25-26H,4-9,14-20H2,1-3H3,(H2,33,41)(H,35,36). The van der Waals surface area contributed by atoms with Crippen LogP contribution in [0.4, 0.5) is 22.1 Å². The fourth-order valence-corrected chi connectivity index (χ4v) is 7.66. The molecular formula is C32H46N8O2. The van der Waals surface area contributed by atoms with Crippen LogP contribution in [0, 0.1) is 0 Å². The summed E-state index contributed by atoms with van der Waals surface area (Å²) >= 11 is 0. The Morgan fingerprint density at radius 3 is 2.33 bits per heavy atom. The molecule has 2 aromatic rings. The van der Waals surface area contributed by atoms with Gasteiger partial charge in [0, 0.05) is 44.5 Å². The molecule has 1 aromatic heterocycles. The molecule has 1 saturated carbocycles. The molecule has 1 aromatic carbocycles. The fraction of sp³-hybridized carbons (Fsp3) is 0.625. The molecule has 226 valence electrons. The Bertz CT molecular complexity index is 1290. The maximum Gasteiger partial charge on any atom is 0.320 e. The van der Waals surface area contributed by atoms with Crippen LogP contribution in [0.3, 0.4) is 0 Å². The lowest BCUT2D eigenvalue weighted by atomic mass is 9.74. The van der Waals surface area contributed by atoms with Gasteiger partial charge in [-0.05, 0) is 81.6 Å². The second kappa shape index (κ2) is 11.7. The van der Waals surface area contributed by atoms with Crippen molar-refractivity contribution < 1.29 is 9.59 Å². The predicted octanol–water partition coefficient (Wildman–Crippen LogP) is 4.34. The molecule has 3 amide bonds. The third kappa shape index (κ3) is 5.53. The summed E-state index contributed by atoms with van der Waals surface area (Å²) in [6, 6.07) is 9.59. The van der Waals surface area contributed by atoms with E-state index in [1.165, 1.54) is 57.2 Å². The average Bonchev–Trinajstić information content (AvgIpc) is 3.64. The van der Waals surface area contributed by atoms with E-state index in [4.69, 9.17) is 10.7 Å². The quantitative estimate of drug-likeness (QED) is 0.506. The van der Waals surface area contributed by atoms with Crippen LogP contribution in [0.25, 0.3) is 0 Å². The second-order valence-corrected chi connectivity index (χ2v) is 13.1. The third-order valence-corrected chi connectivity index (χ3v) is 10.5. The van der Waals surface area contributed by atoms with Crippen LogP contribution >= 0.6 is 0 Å². The summed E-state index contributed by atoms with van der Waals surface area (Å²) in [5.41, 5.74) is 8.18. The SMILES string of the molecule is CC1C(N2CCN(C)C2=O)CCCN1c1cnc(C(N)=O)c(Nc2ccc(C3(C)CCN(C4CCCC4)CC3)cc2)n1. The number of rotatable bonds is 7. The van der Waals surface area contributed by atoms with Crippen molar-refractivity contribution in [3.63, 3.8) is 0 Å². The summed E-state index contributed by atoms with van der Waals surface area (Å²) in [6.07, 6.45) is 11.4. The molecule has 3 aliphatic heterocycles. The summed E-state index contributed by atoms with van der Waals surface area (Å²) in [5, 5.41) is 3.33. The monoisotopic (exact) mass is 574 g/mol. The van der Waals surface area contributed by atoms with E-state index in [9.17, 15) is 9.59 Å². The van der Waals surface area contributed by atoms with Gasteiger partial charge < -0.3 is 30.7 Å². The number of carbonyl (C=O) groups excluding carboxylic acids is 2. The summed E-state index contributed by atoms with van der Waals surface area (Å²) in [6.45, 7) is 9.18. The number of nitrogens with two attached hydrogens (primary N) is 1. The first-order valence-electron chi connectivity index (χ1n) is 15.8. The number of piperidine rings is 2. The summed E-state index contributed by atoms with van der Waals surface area (Å²) in [4.78, 5) is 43.0. The Balaban J connectivity index is 1.17. The number of amides is 3. The van der Waals surface area contributed by atoms with Gasteiger partial charge in [0.05, 0.1) is 12.2 Å². The van der Waals surface area contributed by atoms with Crippen molar-refractivity contribution in [1.29, 1.82) is 0 Å². The Morgan fingerprint density at radius 2 is 1.69 bits per heavy atom. The molecule has 4 heterocycles. The summed E-state index contributed by atoms with van der Waals surface area (Å²) < 4.78 is 0. The fourth-order valence-electron chi connectivity index (χ4n) is 7.66. The molecule has 10 heteroatoms. The lowest BCUT2D eigenvalue weighted by Gasteiger charge is -2.43. The molecular weight excluding hydrogens is 528 g/mol. The van der Waals surface area contributed by atoms with Crippen LogP contribution in [0.2, 0.25) is 0 Å². The Kier molecular flexibility index (Phi) is 8.00. The van der Waals surface area contributed by atoms with E-state index >= 15 is 0 Å². The Hall–Kier alpha value is -3.40. The lowest BCUT2D eigenvalue weighted by molar-refractivity contribution is 0.0996. The number of benzene rings is 1. The third-order valence-electron chi connectivity index (χ3n) is 10.5. The molecule has 4 fully saturated rings. The van der Waals surface area contributed by atoms with Gasteiger partial charge in [-0.3, -0.25) is 4.79 Å². The molecule has 0 radical (unpaired) electrons. The Labute approximate surface area is 249 Å². The van der Waals surface area contributed by atoms with Crippen LogP contribution in [-0.4, -0.2) is 94.5 Å². The number of nitrogens with one attached hydrogen (secondary N) is 1. The van der Waals surface area contributed by atoms with Crippen LogP contribution < -0.4 is 16.0 Å². The van der Waals surface area contributed by atoms with Crippen molar-refractivity contribution in [3.05, 3.63) is 41.7 Å². The molecule has 10 nitrogen and oxygen atoms in total. The van der Waals surface area contributed by atoms with Crippen molar-refractivity contribution in [3.8, 4) is 0 Å². The number of likely N-dealkylation sites (N-methyl/N-ethyl adjacent to an activating group) is 1. The number of hydrogen-bond donors (Lipinski definition) is 2. The first-order valence-corrected chi connectivity index (χ1v) is 15.8. The van der Waals surface area contributed by atoms with Gasteiger partial charge in [-0.1, -0.05) is 31.9 Å². The number of anilines is 3. The van der Waals surface area contributed by atoms with Crippen LogP contribution in [0.15, 0.2) is 30.5 Å². The van der Waals surface area contributed by atoms with Crippen molar-refractivity contribution in [2.45, 2.75) is 88.8 Å².